The summed E-state index contributed by atoms with van der Waals surface area (Å²) in [4.78, 5) is 10.7. The summed E-state index contributed by atoms with van der Waals surface area (Å²) < 4.78 is 10.7. The molecule has 0 aromatic heterocycles. The first-order valence-electron chi connectivity index (χ1n) is 4.64. The van der Waals surface area contributed by atoms with Crippen LogP contribution in [0.4, 0.5) is 0 Å². The molecule has 0 spiro atoms. The third-order valence-electron chi connectivity index (χ3n) is 2.16. The second kappa shape index (κ2) is 3.70. The fourth-order valence-electron chi connectivity index (χ4n) is 1.30. The Kier molecular flexibility index (Phi) is 2.39. The lowest BCUT2D eigenvalue weighted by atomic mass is 10.2. The Morgan fingerprint density at radius 1 is 1.43 bits per heavy atom. The number of hydrogen-bond donors (Lipinski definition) is 0. The van der Waals surface area contributed by atoms with Crippen LogP contribution in [0.5, 0.6) is 11.5 Å². The van der Waals surface area contributed by atoms with Crippen LogP contribution < -0.4 is 9.47 Å². The number of ether oxygens (including phenoxy) is 2. The molecule has 0 atom stereocenters. The second-order valence-corrected chi connectivity index (χ2v) is 3.31. The zero-order valence-electron chi connectivity index (χ0n) is 8.03. The predicted molar refractivity (Wildman–Crippen MR) is 52.0 cm³/mol. The van der Waals surface area contributed by atoms with E-state index in [1.807, 2.05) is 6.07 Å². The lowest BCUT2D eigenvalue weighted by Gasteiger charge is -2.10. The van der Waals surface area contributed by atoms with Crippen LogP contribution in [0.2, 0.25) is 0 Å². The van der Waals surface area contributed by atoms with Crippen LogP contribution in [-0.2, 0) is 0 Å². The molecule has 14 heavy (non-hydrogen) atoms. The van der Waals surface area contributed by atoms with Gasteiger partial charge in [0.1, 0.15) is 0 Å². The number of aldehydes is 1. The molecule has 1 aromatic rings. The van der Waals surface area contributed by atoms with Gasteiger partial charge in [-0.25, -0.2) is 0 Å². The molecule has 0 bridgehead atoms. The molecule has 3 heteroatoms. The van der Waals surface area contributed by atoms with Crippen LogP contribution in [0.1, 0.15) is 23.2 Å². The molecule has 1 aliphatic carbocycles. The standard InChI is InChI=1S/C11H12O3/c1-13-11-8(7-12)3-2-4-10(11)14-9-5-6-9/h2-4,7,9H,5-6H2,1H3. The van der Waals surface area contributed by atoms with Crippen molar-refractivity contribution in [3.8, 4) is 11.5 Å². The van der Waals surface area contributed by atoms with E-state index < -0.39 is 0 Å². The van der Waals surface area contributed by atoms with Crippen LogP contribution in [0.3, 0.4) is 0 Å². The summed E-state index contributed by atoms with van der Waals surface area (Å²) in [6.45, 7) is 0. The Balaban J connectivity index is 2.30. The second-order valence-electron chi connectivity index (χ2n) is 3.31. The fourth-order valence-corrected chi connectivity index (χ4v) is 1.30. The summed E-state index contributed by atoms with van der Waals surface area (Å²) >= 11 is 0. The van der Waals surface area contributed by atoms with Gasteiger partial charge in [0.15, 0.2) is 17.8 Å². The van der Waals surface area contributed by atoms with Crippen molar-refractivity contribution in [2.24, 2.45) is 0 Å². The highest BCUT2D eigenvalue weighted by atomic mass is 16.5. The van der Waals surface area contributed by atoms with E-state index in [2.05, 4.69) is 0 Å². The van der Waals surface area contributed by atoms with E-state index in [9.17, 15) is 4.79 Å². The molecule has 0 aliphatic heterocycles. The Hall–Kier alpha value is -1.51. The first-order chi connectivity index (χ1) is 6.85. The van der Waals surface area contributed by atoms with Crippen molar-refractivity contribution < 1.29 is 14.3 Å². The highest BCUT2D eigenvalue weighted by Gasteiger charge is 2.25. The van der Waals surface area contributed by atoms with Gasteiger partial charge in [0.25, 0.3) is 0 Å². The molecule has 0 heterocycles. The van der Waals surface area contributed by atoms with Crippen molar-refractivity contribution >= 4 is 6.29 Å². The Labute approximate surface area is 82.6 Å². The Bertz CT molecular complexity index is 342. The third kappa shape index (κ3) is 1.71. The number of benzene rings is 1. The zero-order chi connectivity index (χ0) is 9.97. The van der Waals surface area contributed by atoms with E-state index >= 15 is 0 Å². The lowest BCUT2D eigenvalue weighted by Crippen LogP contribution is -2.00. The Morgan fingerprint density at radius 3 is 2.79 bits per heavy atom. The molecule has 0 saturated heterocycles. The van der Waals surface area contributed by atoms with E-state index in [1.165, 1.54) is 0 Å². The smallest absolute Gasteiger partial charge is 0.171 e. The normalized spacial score (nSPS) is 14.9. The van der Waals surface area contributed by atoms with Crippen LogP contribution in [0.15, 0.2) is 18.2 Å². The minimum absolute atomic E-state index is 0.311. The monoisotopic (exact) mass is 192 g/mol. The minimum Gasteiger partial charge on any atom is -0.492 e. The van der Waals surface area contributed by atoms with Crippen LogP contribution >= 0.6 is 0 Å². The largest absolute Gasteiger partial charge is 0.492 e. The van der Waals surface area contributed by atoms with Crippen LogP contribution in [0.25, 0.3) is 0 Å². The van der Waals surface area contributed by atoms with Crippen LogP contribution in [0, 0.1) is 0 Å². The minimum atomic E-state index is 0.311. The van der Waals surface area contributed by atoms with Crippen molar-refractivity contribution in [1.82, 2.24) is 0 Å². The Morgan fingerprint density at radius 2 is 2.21 bits per heavy atom. The maximum atomic E-state index is 10.7. The van der Waals surface area contributed by atoms with Gasteiger partial charge in [-0.05, 0) is 25.0 Å². The molecule has 0 N–H and O–H groups in total. The summed E-state index contributed by atoms with van der Waals surface area (Å²) in [6.07, 6.45) is 3.27. The highest BCUT2D eigenvalue weighted by molar-refractivity contribution is 5.81. The van der Waals surface area contributed by atoms with Gasteiger partial charge in [0.2, 0.25) is 0 Å². The molecule has 1 fully saturated rings. The molecular formula is C11H12O3. The summed E-state index contributed by atoms with van der Waals surface area (Å²) in [5.74, 6) is 1.20. The summed E-state index contributed by atoms with van der Waals surface area (Å²) in [7, 11) is 1.54. The third-order valence-corrected chi connectivity index (χ3v) is 2.16. The lowest BCUT2D eigenvalue weighted by molar-refractivity contribution is 0.111. The molecule has 3 nitrogen and oxygen atoms in total. The average molecular weight is 192 g/mol. The van der Waals surface area contributed by atoms with Crippen molar-refractivity contribution in [3.63, 3.8) is 0 Å². The number of carbonyl (C=O) groups is 1. The highest BCUT2D eigenvalue weighted by Crippen LogP contribution is 2.35. The SMILES string of the molecule is COc1c(C=O)cccc1OC1CC1. The van der Waals surface area contributed by atoms with Gasteiger partial charge in [0.05, 0.1) is 18.8 Å². The van der Waals surface area contributed by atoms with Gasteiger partial charge in [-0.1, -0.05) is 6.07 Å². The van der Waals surface area contributed by atoms with Crippen molar-refractivity contribution in [3.05, 3.63) is 23.8 Å². The number of methoxy groups -OCH3 is 1. The van der Waals surface area contributed by atoms with E-state index in [0.717, 1.165) is 19.1 Å². The maximum absolute atomic E-state index is 10.7. The fraction of sp³-hybridized carbons (Fsp3) is 0.364. The molecule has 0 amide bonds. The van der Waals surface area contributed by atoms with E-state index in [1.54, 1.807) is 19.2 Å². The van der Waals surface area contributed by atoms with Gasteiger partial charge in [0, 0.05) is 0 Å². The van der Waals surface area contributed by atoms with Gasteiger partial charge in [-0.3, -0.25) is 4.79 Å². The van der Waals surface area contributed by atoms with Crippen molar-refractivity contribution in [1.29, 1.82) is 0 Å². The molecule has 1 aliphatic rings. The molecule has 1 saturated carbocycles. The van der Waals surface area contributed by atoms with E-state index in [-0.39, 0.29) is 0 Å². The predicted octanol–water partition coefficient (Wildman–Crippen LogP) is 2.05. The van der Waals surface area contributed by atoms with Crippen molar-refractivity contribution in [2.45, 2.75) is 18.9 Å². The number of carbonyl (C=O) groups excluding carboxylic acids is 1. The van der Waals surface area contributed by atoms with Gasteiger partial charge < -0.3 is 9.47 Å². The van der Waals surface area contributed by atoms with Gasteiger partial charge in [-0.15, -0.1) is 0 Å². The summed E-state index contributed by atoms with van der Waals surface area (Å²) in [6, 6.07) is 5.33. The first kappa shape index (κ1) is 9.06. The zero-order valence-corrected chi connectivity index (χ0v) is 8.03. The maximum Gasteiger partial charge on any atom is 0.171 e. The van der Waals surface area contributed by atoms with E-state index in [0.29, 0.717) is 23.2 Å². The summed E-state index contributed by atoms with van der Waals surface area (Å²) in [5.41, 5.74) is 0.533. The number of rotatable bonds is 4. The van der Waals surface area contributed by atoms with Crippen molar-refractivity contribution in [2.75, 3.05) is 7.11 Å². The number of para-hydroxylation sites is 1. The molecule has 0 radical (unpaired) electrons. The summed E-state index contributed by atoms with van der Waals surface area (Å²) in [5, 5.41) is 0. The topological polar surface area (TPSA) is 35.5 Å². The van der Waals surface area contributed by atoms with Crippen LogP contribution in [-0.4, -0.2) is 19.5 Å². The molecular weight excluding hydrogens is 180 g/mol. The van der Waals surface area contributed by atoms with Gasteiger partial charge >= 0.3 is 0 Å². The first-order valence-corrected chi connectivity index (χ1v) is 4.64. The van der Waals surface area contributed by atoms with E-state index in [4.69, 9.17) is 9.47 Å². The van der Waals surface area contributed by atoms with Gasteiger partial charge in [-0.2, -0.15) is 0 Å². The average Bonchev–Trinajstić information content (AvgIpc) is 3.01. The molecule has 74 valence electrons. The molecule has 0 unspecified atom stereocenters. The molecule has 1 aromatic carbocycles. The quantitative estimate of drug-likeness (QED) is 0.685. The number of hydrogen-bond acceptors (Lipinski definition) is 3. The molecule has 2 rings (SSSR count).